The molecular formula is C21H22Cl2N2O3. The SMILES string of the molecule is COc1c(Cl)cc(Cl)cc1C=CC(=O)Nc1ccc(CN2CCOCC2)cc1. The van der Waals surface area contributed by atoms with Crippen LogP contribution in [-0.4, -0.2) is 44.2 Å². The smallest absolute Gasteiger partial charge is 0.248 e. The van der Waals surface area contributed by atoms with Gasteiger partial charge in [0.15, 0.2) is 0 Å². The van der Waals surface area contributed by atoms with Gasteiger partial charge in [-0.15, -0.1) is 0 Å². The van der Waals surface area contributed by atoms with E-state index in [4.69, 9.17) is 32.7 Å². The van der Waals surface area contributed by atoms with E-state index in [1.54, 1.807) is 18.2 Å². The topological polar surface area (TPSA) is 50.8 Å². The van der Waals surface area contributed by atoms with Gasteiger partial charge in [-0.2, -0.15) is 0 Å². The van der Waals surface area contributed by atoms with Crippen LogP contribution in [-0.2, 0) is 16.1 Å². The second-order valence-electron chi connectivity index (χ2n) is 6.42. The Balaban J connectivity index is 1.59. The van der Waals surface area contributed by atoms with E-state index in [-0.39, 0.29) is 5.91 Å². The maximum absolute atomic E-state index is 12.2. The Kier molecular flexibility index (Phi) is 7.34. The van der Waals surface area contributed by atoms with Gasteiger partial charge in [0.1, 0.15) is 5.75 Å². The third-order valence-electron chi connectivity index (χ3n) is 4.39. The van der Waals surface area contributed by atoms with Crippen LogP contribution in [0.4, 0.5) is 5.69 Å². The summed E-state index contributed by atoms with van der Waals surface area (Å²) in [7, 11) is 1.52. The fraction of sp³-hybridized carbons (Fsp3) is 0.286. The number of methoxy groups -OCH3 is 1. The zero-order valence-corrected chi connectivity index (χ0v) is 17.1. The van der Waals surface area contributed by atoms with Crippen LogP contribution in [0.2, 0.25) is 10.0 Å². The van der Waals surface area contributed by atoms with Gasteiger partial charge in [-0.25, -0.2) is 0 Å². The number of ether oxygens (including phenoxy) is 2. The minimum absolute atomic E-state index is 0.251. The van der Waals surface area contributed by atoms with Gasteiger partial charge in [0.25, 0.3) is 0 Å². The van der Waals surface area contributed by atoms with Crippen LogP contribution in [0.3, 0.4) is 0 Å². The molecule has 0 bridgehead atoms. The molecule has 0 unspecified atom stereocenters. The number of anilines is 1. The highest BCUT2D eigenvalue weighted by atomic mass is 35.5. The summed E-state index contributed by atoms with van der Waals surface area (Å²) in [5, 5.41) is 3.71. The number of amides is 1. The molecule has 1 N–H and O–H groups in total. The minimum Gasteiger partial charge on any atom is -0.495 e. The summed E-state index contributed by atoms with van der Waals surface area (Å²) in [5.41, 5.74) is 2.57. The highest BCUT2D eigenvalue weighted by molar-refractivity contribution is 6.36. The molecule has 3 rings (SSSR count). The molecule has 1 aliphatic rings. The average Bonchev–Trinajstić information content (AvgIpc) is 2.68. The number of nitrogens with one attached hydrogen (secondary N) is 1. The van der Waals surface area contributed by atoms with Crippen LogP contribution in [0.1, 0.15) is 11.1 Å². The van der Waals surface area contributed by atoms with Crippen molar-refractivity contribution in [2.75, 3.05) is 38.7 Å². The molecule has 7 heteroatoms. The Morgan fingerprint density at radius 2 is 1.93 bits per heavy atom. The molecule has 2 aromatic carbocycles. The first kappa shape index (κ1) is 20.7. The summed E-state index contributed by atoms with van der Waals surface area (Å²) in [6.45, 7) is 4.33. The molecule has 0 spiro atoms. The summed E-state index contributed by atoms with van der Waals surface area (Å²) in [5.74, 6) is 0.224. The van der Waals surface area contributed by atoms with Gasteiger partial charge in [0.05, 0.1) is 25.3 Å². The molecule has 0 saturated carbocycles. The predicted octanol–water partition coefficient (Wildman–Crippen LogP) is 4.49. The van der Waals surface area contributed by atoms with Crippen LogP contribution >= 0.6 is 23.2 Å². The van der Waals surface area contributed by atoms with Crippen molar-refractivity contribution in [1.29, 1.82) is 0 Å². The first-order valence-corrected chi connectivity index (χ1v) is 9.72. The van der Waals surface area contributed by atoms with Gasteiger partial charge in [0.2, 0.25) is 5.91 Å². The lowest BCUT2D eigenvalue weighted by Gasteiger charge is -2.26. The van der Waals surface area contributed by atoms with Crippen LogP contribution in [0.15, 0.2) is 42.5 Å². The number of rotatable bonds is 6. The van der Waals surface area contributed by atoms with E-state index in [2.05, 4.69) is 10.2 Å². The third-order valence-corrected chi connectivity index (χ3v) is 4.89. The van der Waals surface area contributed by atoms with Crippen LogP contribution < -0.4 is 10.1 Å². The molecule has 0 atom stereocenters. The van der Waals surface area contributed by atoms with E-state index >= 15 is 0 Å². The Morgan fingerprint density at radius 3 is 2.61 bits per heavy atom. The third kappa shape index (κ3) is 5.72. The van der Waals surface area contributed by atoms with Gasteiger partial charge in [-0.05, 0) is 35.9 Å². The molecule has 0 aromatic heterocycles. The Morgan fingerprint density at radius 1 is 1.21 bits per heavy atom. The van der Waals surface area contributed by atoms with Crippen molar-refractivity contribution in [3.8, 4) is 5.75 Å². The predicted molar refractivity (Wildman–Crippen MR) is 113 cm³/mol. The second-order valence-corrected chi connectivity index (χ2v) is 7.26. The van der Waals surface area contributed by atoms with E-state index in [1.165, 1.54) is 18.7 Å². The van der Waals surface area contributed by atoms with Crippen molar-refractivity contribution >= 4 is 40.9 Å². The summed E-state index contributed by atoms with van der Waals surface area (Å²) < 4.78 is 10.6. The molecule has 0 aliphatic carbocycles. The molecule has 28 heavy (non-hydrogen) atoms. The van der Waals surface area contributed by atoms with Crippen LogP contribution in [0.5, 0.6) is 5.75 Å². The molecule has 1 amide bonds. The molecule has 1 aliphatic heterocycles. The molecule has 5 nitrogen and oxygen atoms in total. The summed E-state index contributed by atoms with van der Waals surface area (Å²) in [4.78, 5) is 14.6. The molecule has 0 radical (unpaired) electrons. The zero-order valence-electron chi connectivity index (χ0n) is 15.6. The standard InChI is InChI=1S/C21H22Cl2N2O3/c1-27-21-16(12-17(22)13-19(21)23)4-7-20(26)24-18-5-2-15(3-6-18)14-25-8-10-28-11-9-25/h2-7,12-13H,8-11,14H2,1H3,(H,24,26). The second kappa shape index (κ2) is 9.94. The van der Waals surface area contributed by atoms with E-state index in [0.29, 0.717) is 21.4 Å². The highest BCUT2D eigenvalue weighted by Gasteiger charge is 2.11. The quantitative estimate of drug-likeness (QED) is 0.699. The lowest BCUT2D eigenvalue weighted by molar-refractivity contribution is -0.111. The first-order valence-electron chi connectivity index (χ1n) is 8.96. The van der Waals surface area contributed by atoms with Crippen molar-refractivity contribution < 1.29 is 14.3 Å². The van der Waals surface area contributed by atoms with E-state index < -0.39 is 0 Å². The number of morpholine rings is 1. The Hall–Kier alpha value is -2.05. The normalized spacial score (nSPS) is 15.0. The molecule has 1 heterocycles. The maximum atomic E-state index is 12.2. The van der Waals surface area contributed by atoms with E-state index in [1.807, 2.05) is 24.3 Å². The van der Waals surface area contributed by atoms with Gasteiger partial charge in [-0.1, -0.05) is 35.3 Å². The number of nitrogens with zero attached hydrogens (tertiary/aromatic N) is 1. The number of carbonyl (C=O) groups is 1. The number of benzene rings is 2. The van der Waals surface area contributed by atoms with Gasteiger partial charge < -0.3 is 14.8 Å². The molecule has 148 valence electrons. The van der Waals surface area contributed by atoms with Crippen LogP contribution in [0.25, 0.3) is 6.08 Å². The van der Waals surface area contributed by atoms with Crippen molar-refractivity contribution in [2.24, 2.45) is 0 Å². The summed E-state index contributed by atoms with van der Waals surface area (Å²) in [6.07, 6.45) is 3.05. The zero-order chi connectivity index (χ0) is 19.9. The lowest BCUT2D eigenvalue weighted by atomic mass is 10.1. The first-order chi connectivity index (χ1) is 13.5. The molecule has 2 aromatic rings. The fourth-order valence-electron chi connectivity index (χ4n) is 2.98. The lowest BCUT2D eigenvalue weighted by Crippen LogP contribution is -2.35. The van der Waals surface area contributed by atoms with Crippen molar-refractivity contribution in [3.63, 3.8) is 0 Å². The van der Waals surface area contributed by atoms with E-state index in [0.717, 1.165) is 38.5 Å². The number of hydrogen-bond donors (Lipinski definition) is 1. The van der Waals surface area contributed by atoms with Gasteiger partial charge in [0, 0.05) is 42.0 Å². The highest BCUT2D eigenvalue weighted by Crippen LogP contribution is 2.33. The van der Waals surface area contributed by atoms with Gasteiger partial charge >= 0.3 is 0 Å². The Bertz CT molecular complexity index is 847. The van der Waals surface area contributed by atoms with Crippen molar-refractivity contribution in [3.05, 3.63) is 63.6 Å². The molecular weight excluding hydrogens is 399 g/mol. The average molecular weight is 421 g/mol. The van der Waals surface area contributed by atoms with E-state index in [9.17, 15) is 4.79 Å². The minimum atomic E-state index is -0.251. The van der Waals surface area contributed by atoms with Crippen LogP contribution in [0, 0.1) is 0 Å². The largest absolute Gasteiger partial charge is 0.495 e. The summed E-state index contributed by atoms with van der Waals surface area (Å²) in [6, 6.07) is 11.1. The number of halogens is 2. The van der Waals surface area contributed by atoms with Crippen molar-refractivity contribution in [2.45, 2.75) is 6.54 Å². The van der Waals surface area contributed by atoms with Crippen molar-refractivity contribution in [1.82, 2.24) is 4.90 Å². The summed E-state index contributed by atoms with van der Waals surface area (Å²) >= 11 is 12.1. The fourth-order valence-corrected chi connectivity index (χ4v) is 3.57. The molecule has 1 fully saturated rings. The Labute approximate surface area is 174 Å². The maximum Gasteiger partial charge on any atom is 0.248 e. The monoisotopic (exact) mass is 420 g/mol. The molecule has 1 saturated heterocycles. The van der Waals surface area contributed by atoms with Gasteiger partial charge in [-0.3, -0.25) is 9.69 Å². The number of hydrogen-bond acceptors (Lipinski definition) is 4. The number of carbonyl (C=O) groups excluding carboxylic acids is 1.